The minimum absolute atomic E-state index is 0.00643. The summed E-state index contributed by atoms with van der Waals surface area (Å²) in [5.74, 6) is 0.229. The largest absolute Gasteiger partial charge is 0.573 e. The fourth-order valence-corrected chi connectivity index (χ4v) is 3.88. The van der Waals surface area contributed by atoms with E-state index in [1.54, 1.807) is 11.0 Å². The van der Waals surface area contributed by atoms with Crippen LogP contribution in [0.3, 0.4) is 0 Å². The third kappa shape index (κ3) is 5.61. The van der Waals surface area contributed by atoms with Crippen LogP contribution >= 0.6 is 0 Å². The highest BCUT2D eigenvalue weighted by atomic mass is 19.4. The quantitative estimate of drug-likeness (QED) is 0.735. The van der Waals surface area contributed by atoms with Crippen LogP contribution in [-0.4, -0.2) is 61.5 Å². The number of carbonyl (C=O) groups is 1. The lowest BCUT2D eigenvalue weighted by molar-refractivity contribution is -0.274. The van der Waals surface area contributed by atoms with E-state index in [9.17, 15) is 18.0 Å². The number of rotatable bonds is 6. The van der Waals surface area contributed by atoms with Gasteiger partial charge < -0.3 is 19.3 Å². The Labute approximate surface area is 163 Å². The number of nitrogens with zero attached hydrogens (tertiary/aromatic N) is 2. The molecule has 156 valence electrons. The first kappa shape index (κ1) is 20.9. The molecule has 3 rings (SSSR count). The van der Waals surface area contributed by atoms with Gasteiger partial charge in [-0.05, 0) is 36.6 Å². The van der Waals surface area contributed by atoms with Crippen molar-refractivity contribution in [3.63, 3.8) is 0 Å². The van der Waals surface area contributed by atoms with Gasteiger partial charge >= 0.3 is 6.36 Å². The molecule has 2 heterocycles. The van der Waals surface area contributed by atoms with Gasteiger partial charge in [0.2, 0.25) is 5.91 Å². The van der Waals surface area contributed by atoms with Crippen molar-refractivity contribution in [2.24, 2.45) is 11.3 Å². The second-order valence-corrected chi connectivity index (χ2v) is 8.33. The summed E-state index contributed by atoms with van der Waals surface area (Å²) >= 11 is 0. The summed E-state index contributed by atoms with van der Waals surface area (Å²) in [4.78, 5) is 16.5. The number of carbonyl (C=O) groups excluding carboxylic acids is 1. The Morgan fingerprint density at radius 3 is 2.68 bits per heavy atom. The van der Waals surface area contributed by atoms with E-state index >= 15 is 0 Å². The third-order valence-electron chi connectivity index (χ3n) is 5.16. The van der Waals surface area contributed by atoms with Crippen LogP contribution in [0.2, 0.25) is 0 Å². The Bertz CT molecular complexity index is 688. The average molecular weight is 400 g/mol. The van der Waals surface area contributed by atoms with Crippen molar-refractivity contribution >= 4 is 5.91 Å². The zero-order valence-corrected chi connectivity index (χ0v) is 16.3. The van der Waals surface area contributed by atoms with Crippen molar-refractivity contribution in [2.45, 2.75) is 33.2 Å². The van der Waals surface area contributed by atoms with Gasteiger partial charge in [0.15, 0.2) is 0 Å². The van der Waals surface area contributed by atoms with Crippen LogP contribution < -0.4 is 4.74 Å². The topological polar surface area (TPSA) is 42.0 Å². The summed E-state index contributed by atoms with van der Waals surface area (Å²) in [5.41, 5.74) is 0.506. The van der Waals surface area contributed by atoms with Crippen LogP contribution in [0.15, 0.2) is 24.3 Å². The van der Waals surface area contributed by atoms with Crippen LogP contribution in [0.5, 0.6) is 5.75 Å². The fraction of sp³-hybridized carbons (Fsp3) is 0.650. The van der Waals surface area contributed by atoms with Crippen LogP contribution in [0.4, 0.5) is 13.2 Å². The molecule has 0 saturated carbocycles. The summed E-state index contributed by atoms with van der Waals surface area (Å²) in [6.45, 7) is 8.50. The van der Waals surface area contributed by atoms with Crippen molar-refractivity contribution < 1.29 is 27.4 Å². The predicted molar refractivity (Wildman–Crippen MR) is 97.7 cm³/mol. The fourth-order valence-electron chi connectivity index (χ4n) is 3.88. The van der Waals surface area contributed by atoms with Gasteiger partial charge in [-0.2, -0.15) is 0 Å². The van der Waals surface area contributed by atoms with Gasteiger partial charge in [0, 0.05) is 31.6 Å². The highest BCUT2D eigenvalue weighted by molar-refractivity contribution is 5.77. The molecule has 0 bridgehead atoms. The van der Waals surface area contributed by atoms with Crippen molar-refractivity contribution in [2.75, 3.05) is 39.4 Å². The monoisotopic (exact) mass is 400 g/mol. The van der Waals surface area contributed by atoms with Gasteiger partial charge in [-0.3, -0.25) is 4.79 Å². The molecule has 2 aliphatic rings. The molecule has 0 aromatic heterocycles. The van der Waals surface area contributed by atoms with Crippen molar-refractivity contribution in [3.05, 3.63) is 29.8 Å². The minimum Gasteiger partial charge on any atom is -0.406 e. The number of halogens is 3. The summed E-state index contributed by atoms with van der Waals surface area (Å²) in [7, 11) is 0. The lowest BCUT2D eigenvalue weighted by Gasteiger charge is -2.51. The molecule has 0 atom stereocenters. The number of hydrogen-bond acceptors (Lipinski definition) is 4. The minimum atomic E-state index is -4.74. The molecule has 8 heteroatoms. The van der Waals surface area contributed by atoms with E-state index in [0.717, 1.165) is 26.1 Å². The van der Waals surface area contributed by atoms with Crippen molar-refractivity contribution in [1.29, 1.82) is 0 Å². The highest BCUT2D eigenvalue weighted by Gasteiger charge is 2.46. The van der Waals surface area contributed by atoms with Gasteiger partial charge in [-0.1, -0.05) is 26.0 Å². The Kier molecular flexibility index (Phi) is 6.19. The Morgan fingerprint density at radius 2 is 2.00 bits per heavy atom. The molecule has 2 saturated heterocycles. The van der Waals surface area contributed by atoms with E-state index in [2.05, 4.69) is 23.5 Å². The molecule has 1 aromatic rings. The molecular weight excluding hydrogens is 373 g/mol. The molecule has 1 amide bonds. The second-order valence-electron chi connectivity index (χ2n) is 8.33. The van der Waals surface area contributed by atoms with Crippen LogP contribution in [-0.2, 0) is 16.1 Å². The van der Waals surface area contributed by atoms with Gasteiger partial charge in [-0.25, -0.2) is 0 Å². The molecule has 1 aromatic carbocycles. The maximum atomic E-state index is 12.4. The number of alkyl halides is 3. The molecule has 1 spiro atoms. The normalized spacial score (nSPS) is 20.4. The van der Waals surface area contributed by atoms with Crippen molar-refractivity contribution in [1.82, 2.24) is 9.80 Å². The maximum Gasteiger partial charge on any atom is 0.573 e. The first-order chi connectivity index (χ1) is 13.1. The number of hydrogen-bond donors (Lipinski definition) is 0. The Hall–Kier alpha value is -1.80. The summed E-state index contributed by atoms with van der Waals surface area (Å²) < 4.78 is 46.9. The first-order valence-electron chi connectivity index (χ1n) is 9.57. The molecule has 0 aliphatic carbocycles. The predicted octanol–water partition coefficient (Wildman–Crippen LogP) is 3.29. The molecule has 28 heavy (non-hydrogen) atoms. The number of benzene rings is 1. The van der Waals surface area contributed by atoms with Gasteiger partial charge in [0.25, 0.3) is 0 Å². The molecular formula is C20H27F3N2O3. The molecule has 5 nitrogen and oxygen atoms in total. The summed E-state index contributed by atoms with van der Waals surface area (Å²) in [6.07, 6.45) is -3.61. The van der Waals surface area contributed by atoms with E-state index in [-0.39, 0.29) is 30.2 Å². The third-order valence-corrected chi connectivity index (χ3v) is 5.16. The molecule has 0 radical (unpaired) electrons. The highest BCUT2D eigenvalue weighted by Crippen LogP contribution is 2.34. The molecule has 2 aliphatic heterocycles. The SMILES string of the molecule is CC(C)CCN1CC2(COCC(=O)N(Cc3cccc(OC(F)(F)F)c3)C2)C1. The van der Waals surface area contributed by atoms with E-state index < -0.39 is 6.36 Å². The van der Waals surface area contributed by atoms with Gasteiger partial charge in [-0.15, -0.1) is 13.2 Å². The number of likely N-dealkylation sites (tertiary alicyclic amines) is 1. The van der Waals surface area contributed by atoms with Crippen molar-refractivity contribution in [3.8, 4) is 5.75 Å². The lowest BCUT2D eigenvalue weighted by Crippen LogP contribution is -2.62. The average Bonchev–Trinajstić information content (AvgIpc) is 2.70. The standard InChI is InChI=1S/C20H27F3N2O3/c1-15(2)6-7-24-11-19(12-24)13-25(18(26)10-27-14-19)9-16-4-3-5-17(8-16)28-20(21,22)23/h3-5,8,15H,6-7,9-14H2,1-2H3. The molecule has 0 unspecified atom stereocenters. The maximum absolute atomic E-state index is 12.4. The molecule has 2 fully saturated rings. The second kappa shape index (κ2) is 8.29. The van der Waals surface area contributed by atoms with Crippen LogP contribution in [0, 0.1) is 11.3 Å². The number of ether oxygens (including phenoxy) is 2. The lowest BCUT2D eigenvalue weighted by atomic mass is 9.79. The molecule has 0 N–H and O–H groups in total. The van der Waals surface area contributed by atoms with Crippen LogP contribution in [0.1, 0.15) is 25.8 Å². The zero-order chi connectivity index (χ0) is 20.4. The van der Waals surface area contributed by atoms with Crippen LogP contribution in [0.25, 0.3) is 0 Å². The van der Waals surface area contributed by atoms with Gasteiger partial charge in [0.1, 0.15) is 12.4 Å². The number of amides is 1. The smallest absolute Gasteiger partial charge is 0.406 e. The Morgan fingerprint density at radius 1 is 1.25 bits per heavy atom. The summed E-state index contributed by atoms with van der Waals surface area (Å²) in [6, 6.07) is 5.78. The van der Waals surface area contributed by atoms with E-state index in [1.807, 2.05) is 0 Å². The Balaban J connectivity index is 1.63. The van der Waals surface area contributed by atoms with E-state index in [1.165, 1.54) is 18.2 Å². The van der Waals surface area contributed by atoms with Gasteiger partial charge in [0.05, 0.1) is 6.61 Å². The van der Waals surface area contributed by atoms with E-state index in [0.29, 0.717) is 24.6 Å². The summed E-state index contributed by atoms with van der Waals surface area (Å²) in [5, 5.41) is 0. The zero-order valence-electron chi connectivity index (χ0n) is 16.3. The first-order valence-corrected chi connectivity index (χ1v) is 9.57. The van der Waals surface area contributed by atoms with E-state index in [4.69, 9.17) is 4.74 Å².